The maximum Gasteiger partial charge on any atom is 0.240 e. The van der Waals surface area contributed by atoms with E-state index in [4.69, 9.17) is 9.57 Å². The minimum absolute atomic E-state index is 0.109. The predicted molar refractivity (Wildman–Crippen MR) is 104 cm³/mol. The van der Waals surface area contributed by atoms with E-state index in [1.54, 1.807) is 12.1 Å². The topological polar surface area (TPSA) is 88.2 Å². The Morgan fingerprint density at radius 1 is 1.25 bits per heavy atom. The zero-order valence-corrected chi connectivity index (χ0v) is 17.1. The van der Waals surface area contributed by atoms with Gasteiger partial charge in [0.25, 0.3) is 0 Å². The number of hydroxylamine groups is 2. The van der Waals surface area contributed by atoms with Gasteiger partial charge in [-0.15, -0.1) is 0 Å². The van der Waals surface area contributed by atoms with Crippen molar-refractivity contribution in [1.29, 1.82) is 0 Å². The molecular weight excluding hydrogens is 382 g/mol. The number of nitrogens with zero attached hydrogens (tertiary/aromatic N) is 2. The first-order chi connectivity index (χ1) is 13.5. The van der Waals surface area contributed by atoms with E-state index in [9.17, 15) is 13.2 Å². The van der Waals surface area contributed by atoms with Gasteiger partial charge in [-0.05, 0) is 49.4 Å². The van der Waals surface area contributed by atoms with Crippen LogP contribution in [-0.4, -0.2) is 70.7 Å². The maximum atomic E-state index is 12.5. The van der Waals surface area contributed by atoms with E-state index in [0.29, 0.717) is 31.8 Å². The number of piperidine rings is 1. The van der Waals surface area contributed by atoms with Crippen LogP contribution in [0.5, 0.6) is 5.75 Å². The Morgan fingerprint density at radius 2 is 2.04 bits per heavy atom. The molecule has 2 heterocycles. The zero-order valence-electron chi connectivity index (χ0n) is 16.3. The van der Waals surface area contributed by atoms with Crippen LogP contribution in [0.25, 0.3) is 0 Å². The van der Waals surface area contributed by atoms with E-state index in [1.165, 1.54) is 19.2 Å². The molecule has 2 saturated heterocycles. The molecule has 1 aromatic carbocycles. The van der Waals surface area contributed by atoms with Gasteiger partial charge in [-0.3, -0.25) is 9.63 Å². The molecule has 1 aromatic rings. The molecule has 0 spiro atoms. The summed E-state index contributed by atoms with van der Waals surface area (Å²) >= 11 is 0. The quantitative estimate of drug-likeness (QED) is 0.693. The van der Waals surface area contributed by atoms with Crippen molar-refractivity contribution in [2.75, 3.05) is 46.4 Å². The summed E-state index contributed by atoms with van der Waals surface area (Å²) in [7, 11) is -2.04. The number of amides is 1. The first kappa shape index (κ1) is 21.0. The molecule has 1 amide bonds. The van der Waals surface area contributed by atoms with Gasteiger partial charge in [0, 0.05) is 39.1 Å². The summed E-state index contributed by atoms with van der Waals surface area (Å²) in [6.07, 6.45) is 3.24. The van der Waals surface area contributed by atoms with Gasteiger partial charge in [0.1, 0.15) is 5.75 Å². The van der Waals surface area contributed by atoms with Crippen LogP contribution < -0.4 is 9.46 Å². The third-order valence-electron chi connectivity index (χ3n) is 5.20. The SMILES string of the molecule is COc1ccc(S(=O)(=O)NC[C@@H]2CCCN(C(=O)CCN3CCCO3)C2)cc1. The number of rotatable bonds is 8. The Kier molecular flexibility index (Phi) is 7.28. The third-order valence-corrected chi connectivity index (χ3v) is 6.64. The number of methoxy groups -OCH3 is 1. The summed E-state index contributed by atoms with van der Waals surface area (Å²) in [5, 5.41) is 1.85. The van der Waals surface area contributed by atoms with Crippen molar-refractivity contribution in [3.05, 3.63) is 24.3 Å². The van der Waals surface area contributed by atoms with Gasteiger partial charge in [0.15, 0.2) is 0 Å². The minimum Gasteiger partial charge on any atom is -0.497 e. The Balaban J connectivity index is 1.47. The molecule has 0 bridgehead atoms. The molecule has 156 valence electrons. The number of nitrogens with one attached hydrogen (secondary N) is 1. The second kappa shape index (κ2) is 9.69. The second-order valence-corrected chi connectivity index (χ2v) is 9.01. The lowest BCUT2D eigenvalue weighted by Gasteiger charge is -2.33. The van der Waals surface area contributed by atoms with Crippen molar-refractivity contribution in [2.45, 2.75) is 30.6 Å². The highest BCUT2D eigenvalue weighted by Gasteiger charge is 2.26. The number of hydrogen-bond donors (Lipinski definition) is 1. The van der Waals surface area contributed by atoms with Gasteiger partial charge >= 0.3 is 0 Å². The lowest BCUT2D eigenvalue weighted by molar-refractivity contribution is -0.140. The first-order valence-electron chi connectivity index (χ1n) is 9.77. The number of hydrogen-bond acceptors (Lipinski definition) is 6. The summed E-state index contributed by atoms with van der Waals surface area (Å²) in [5.41, 5.74) is 0. The van der Waals surface area contributed by atoms with Crippen LogP contribution in [0, 0.1) is 5.92 Å². The minimum atomic E-state index is -3.58. The first-order valence-corrected chi connectivity index (χ1v) is 11.3. The van der Waals surface area contributed by atoms with Gasteiger partial charge in [-0.2, -0.15) is 5.06 Å². The number of ether oxygens (including phenoxy) is 1. The molecule has 0 unspecified atom stereocenters. The van der Waals surface area contributed by atoms with E-state index in [0.717, 1.165) is 39.0 Å². The number of likely N-dealkylation sites (tertiary alicyclic amines) is 1. The van der Waals surface area contributed by atoms with Crippen molar-refractivity contribution in [1.82, 2.24) is 14.7 Å². The molecule has 28 heavy (non-hydrogen) atoms. The van der Waals surface area contributed by atoms with E-state index >= 15 is 0 Å². The van der Waals surface area contributed by atoms with Crippen LogP contribution in [0.4, 0.5) is 0 Å². The highest BCUT2D eigenvalue weighted by Crippen LogP contribution is 2.19. The van der Waals surface area contributed by atoms with Gasteiger partial charge < -0.3 is 9.64 Å². The maximum absolute atomic E-state index is 12.5. The molecule has 0 aliphatic carbocycles. The van der Waals surface area contributed by atoms with Gasteiger partial charge in [0.05, 0.1) is 18.6 Å². The van der Waals surface area contributed by atoms with Crippen molar-refractivity contribution in [3.8, 4) is 5.75 Å². The summed E-state index contributed by atoms with van der Waals surface area (Å²) in [6.45, 7) is 3.88. The number of carbonyl (C=O) groups excluding carboxylic acids is 1. The van der Waals surface area contributed by atoms with Crippen LogP contribution in [0.2, 0.25) is 0 Å². The van der Waals surface area contributed by atoms with Crippen LogP contribution in [0.3, 0.4) is 0 Å². The van der Waals surface area contributed by atoms with Crippen molar-refractivity contribution < 1.29 is 22.8 Å². The Hall–Kier alpha value is -1.68. The van der Waals surface area contributed by atoms with Crippen molar-refractivity contribution >= 4 is 15.9 Å². The fourth-order valence-electron chi connectivity index (χ4n) is 3.58. The smallest absolute Gasteiger partial charge is 0.240 e. The normalized spacial score (nSPS) is 21.0. The molecule has 0 aromatic heterocycles. The summed E-state index contributed by atoms with van der Waals surface area (Å²) in [4.78, 5) is 20.0. The highest BCUT2D eigenvalue weighted by molar-refractivity contribution is 7.89. The molecule has 0 radical (unpaired) electrons. The molecule has 2 aliphatic rings. The molecule has 3 rings (SSSR count). The fraction of sp³-hybridized carbons (Fsp3) is 0.632. The lowest BCUT2D eigenvalue weighted by Crippen LogP contribution is -2.44. The molecule has 1 N–H and O–H groups in total. The highest BCUT2D eigenvalue weighted by atomic mass is 32.2. The van der Waals surface area contributed by atoms with Crippen LogP contribution in [0.15, 0.2) is 29.2 Å². The van der Waals surface area contributed by atoms with Crippen LogP contribution >= 0.6 is 0 Å². The molecule has 1 atom stereocenters. The van der Waals surface area contributed by atoms with E-state index in [-0.39, 0.29) is 16.7 Å². The molecule has 8 nitrogen and oxygen atoms in total. The summed E-state index contributed by atoms with van der Waals surface area (Å²) in [5.74, 6) is 0.840. The monoisotopic (exact) mass is 411 g/mol. The predicted octanol–water partition coefficient (Wildman–Crippen LogP) is 1.24. The Labute approximate surface area is 166 Å². The molecule has 0 saturated carbocycles. The van der Waals surface area contributed by atoms with Crippen molar-refractivity contribution in [3.63, 3.8) is 0 Å². The van der Waals surface area contributed by atoms with Gasteiger partial charge in [-0.1, -0.05) is 0 Å². The van der Waals surface area contributed by atoms with E-state index in [1.807, 2.05) is 9.96 Å². The fourth-order valence-corrected chi connectivity index (χ4v) is 4.69. The number of carbonyl (C=O) groups is 1. The lowest BCUT2D eigenvalue weighted by atomic mass is 9.98. The summed E-state index contributed by atoms with van der Waals surface area (Å²) in [6, 6.07) is 6.30. The average Bonchev–Trinajstić information content (AvgIpc) is 3.24. The summed E-state index contributed by atoms with van der Waals surface area (Å²) < 4.78 is 32.7. The zero-order chi connectivity index (χ0) is 20.0. The largest absolute Gasteiger partial charge is 0.497 e. The molecule has 2 aliphatic heterocycles. The molecular formula is C19H29N3O5S. The average molecular weight is 412 g/mol. The van der Waals surface area contributed by atoms with Gasteiger partial charge in [0.2, 0.25) is 15.9 Å². The third kappa shape index (κ3) is 5.66. The van der Waals surface area contributed by atoms with E-state index in [2.05, 4.69) is 4.72 Å². The molecule has 9 heteroatoms. The Bertz CT molecular complexity index is 747. The van der Waals surface area contributed by atoms with Crippen LogP contribution in [-0.2, 0) is 19.7 Å². The van der Waals surface area contributed by atoms with Crippen molar-refractivity contribution in [2.24, 2.45) is 5.92 Å². The number of benzene rings is 1. The Morgan fingerprint density at radius 3 is 2.71 bits per heavy atom. The van der Waals surface area contributed by atoms with E-state index < -0.39 is 10.0 Å². The standard InChI is InChI=1S/C19H29N3O5S/c1-26-17-5-7-18(8-6-17)28(24,25)20-14-16-4-2-10-21(15-16)19(23)9-12-22-11-3-13-27-22/h5-8,16,20H,2-4,9-15H2,1H3/t16-/m0/s1. The number of sulfonamides is 1. The van der Waals surface area contributed by atoms with Crippen LogP contribution in [0.1, 0.15) is 25.7 Å². The second-order valence-electron chi connectivity index (χ2n) is 7.24. The van der Waals surface area contributed by atoms with Gasteiger partial charge in [-0.25, -0.2) is 13.1 Å². The molecule has 2 fully saturated rings.